The largest absolute Gasteiger partial charge is 0.491 e. The van der Waals surface area contributed by atoms with E-state index in [0.717, 1.165) is 36.1 Å². The molecule has 1 aliphatic rings. The van der Waals surface area contributed by atoms with Gasteiger partial charge < -0.3 is 15.8 Å². The minimum absolute atomic E-state index is 0. The van der Waals surface area contributed by atoms with Crippen LogP contribution in [-0.4, -0.2) is 25.1 Å². The summed E-state index contributed by atoms with van der Waals surface area (Å²) in [5.41, 5.74) is 8.04. The Labute approximate surface area is 155 Å². The highest BCUT2D eigenvalue weighted by atomic mass is 35.5. The van der Waals surface area contributed by atoms with Crippen molar-refractivity contribution in [2.45, 2.75) is 25.3 Å². The Hall–Kier alpha value is -2.04. The lowest BCUT2D eigenvalue weighted by atomic mass is 10.1. The number of ether oxygens (including phenoxy) is 1. The molecular formula is C20H25ClN2O2. The Kier molecular flexibility index (Phi) is 7.29. The standard InChI is InChI=1S/C20H24N2O2.ClH/c21-17-11-10-16(14-17)20(23)22-12-13-24-19-9-5-4-8-18(19)15-6-2-1-3-7-15;/h1-9,16-17H,10-14,21H2,(H,22,23);1H. The number of carbonyl (C=O) groups excluding carboxylic acids is 1. The Bertz CT molecular complexity index is 678. The number of nitrogens with one attached hydrogen (secondary N) is 1. The number of hydrogen-bond donors (Lipinski definition) is 2. The summed E-state index contributed by atoms with van der Waals surface area (Å²) in [4.78, 5) is 12.1. The van der Waals surface area contributed by atoms with Crippen LogP contribution >= 0.6 is 12.4 Å². The quantitative estimate of drug-likeness (QED) is 0.776. The highest BCUT2D eigenvalue weighted by molar-refractivity contribution is 5.85. The highest BCUT2D eigenvalue weighted by Crippen LogP contribution is 2.29. The average molecular weight is 361 g/mol. The summed E-state index contributed by atoms with van der Waals surface area (Å²) in [5, 5.41) is 2.96. The van der Waals surface area contributed by atoms with Crippen LogP contribution in [0.5, 0.6) is 5.75 Å². The molecule has 5 heteroatoms. The van der Waals surface area contributed by atoms with Gasteiger partial charge in [-0.2, -0.15) is 0 Å². The third-order valence-corrected chi connectivity index (χ3v) is 4.47. The Morgan fingerprint density at radius 2 is 1.80 bits per heavy atom. The molecule has 1 saturated carbocycles. The van der Waals surface area contributed by atoms with Gasteiger partial charge >= 0.3 is 0 Å². The Morgan fingerprint density at radius 3 is 2.52 bits per heavy atom. The number of nitrogens with two attached hydrogens (primary N) is 1. The third kappa shape index (κ3) is 5.21. The van der Waals surface area contributed by atoms with Gasteiger partial charge in [-0.05, 0) is 30.9 Å². The summed E-state index contributed by atoms with van der Waals surface area (Å²) in [5.74, 6) is 1.00. The molecular weight excluding hydrogens is 336 g/mol. The molecule has 0 spiro atoms. The Morgan fingerprint density at radius 1 is 1.08 bits per heavy atom. The molecule has 3 rings (SSSR count). The smallest absolute Gasteiger partial charge is 0.223 e. The van der Waals surface area contributed by atoms with E-state index in [1.54, 1.807) is 0 Å². The van der Waals surface area contributed by atoms with Crippen LogP contribution in [-0.2, 0) is 4.79 Å². The molecule has 0 aromatic heterocycles. The number of carbonyl (C=O) groups is 1. The number of para-hydroxylation sites is 1. The number of benzene rings is 2. The van der Waals surface area contributed by atoms with Crippen LogP contribution in [0.15, 0.2) is 54.6 Å². The van der Waals surface area contributed by atoms with Crippen molar-refractivity contribution in [3.8, 4) is 16.9 Å². The van der Waals surface area contributed by atoms with E-state index in [1.165, 1.54) is 0 Å². The second-order valence-corrected chi connectivity index (χ2v) is 6.27. The zero-order valence-corrected chi connectivity index (χ0v) is 15.0. The second kappa shape index (κ2) is 9.44. The number of amides is 1. The number of halogens is 1. The van der Waals surface area contributed by atoms with Gasteiger partial charge in [-0.15, -0.1) is 12.4 Å². The number of rotatable bonds is 6. The first-order chi connectivity index (χ1) is 11.7. The summed E-state index contributed by atoms with van der Waals surface area (Å²) in [6, 6.07) is 18.3. The van der Waals surface area contributed by atoms with Crippen LogP contribution in [0.25, 0.3) is 11.1 Å². The first kappa shape index (κ1) is 19.3. The van der Waals surface area contributed by atoms with E-state index in [4.69, 9.17) is 10.5 Å². The SMILES string of the molecule is Cl.NC1CCC(C(=O)NCCOc2ccccc2-c2ccccc2)C1. The Balaban J connectivity index is 0.00000225. The average Bonchev–Trinajstić information content (AvgIpc) is 3.06. The molecule has 1 amide bonds. The first-order valence-electron chi connectivity index (χ1n) is 8.54. The van der Waals surface area contributed by atoms with E-state index in [1.807, 2.05) is 42.5 Å². The van der Waals surface area contributed by atoms with E-state index < -0.39 is 0 Å². The lowest BCUT2D eigenvalue weighted by Gasteiger charge is -2.13. The minimum atomic E-state index is 0. The van der Waals surface area contributed by atoms with Gasteiger partial charge in [0.2, 0.25) is 5.91 Å². The molecule has 0 radical (unpaired) electrons. The maximum absolute atomic E-state index is 12.1. The molecule has 1 aliphatic carbocycles. The molecule has 0 bridgehead atoms. The summed E-state index contributed by atoms with van der Waals surface area (Å²) in [6.45, 7) is 0.960. The van der Waals surface area contributed by atoms with Gasteiger partial charge in [0, 0.05) is 17.5 Å². The molecule has 3 N–H and O–H groups in total. The predicted octanol–water partition coefficient (Wildman–Crippen LogP) is 3.40. The molecule has 4 nitrogen and oxygen atoms in total. The van der Waals surface area contributed by atoms with E-state index in [9.17, 15) is 4.79 Å². The van der Waals surface area contributed by atoms with Crippen molar-refractivity contribution >= 4 is 18.3 Å². The van der Waals surface area contributed by atoms with Gasteiger partial charge in [-0.1, -0.05) is 48.5 Å². The van der Waals surface area contributed by atoms with Crippen LogP contribution in [0.4, 0.5) is 0 Å². The summed E-state index contributed by atoms with van der Waals surface area (Å²) < 4.78 is 5.89. The van der Waals surface area contributed by atoms with Crippen LogP contribution in [0, 0.1) is 5.92 Å². The van der Waals surface area contributed by atoms with E-state index in [-0.39, 0.29) is 30.3 Å². The molecule has 25 heavy (non-hydrogen) atoms. The van der Waals surface area contributed by atoms with Crippen molar-refractivity contribution in [2.75, 3.05) is 13.2 Å². The van der Waals surface area contributed by atoms with Crippen molar-refractivity contribution < 1.29 is 9.53 Å². The van der Waals surface area contributed by atoms with Crippen molar-refractivity contribution in [3.63, 3.8) is 0 Å². The topological polar surface area (TPSA) is 64.4 Å². The molecule has 0 heterocycles. The van der Waals surface area contributed by atoms with Crippen LogP contribution in [0.2, 0.25) is 0 Å². The highest BCUT2D eigenvalue weighted by Gasteiger charge is 2.27. The van der Waals surface area contributed by atoms with Crippen LogP contribution in [0.1, 0.15) is 19.3 Å². The lowest BCUT2D eigenvalue weighted by Crippen LogP contribution is -2.33. The fourth-order valence-electron chi connectivity index (χ4n) is 3.18. The fraction of sp³-hybridized carbons (Fsp3) is 0.350. The zero-order valence-electron chi connectivity index (χ0n) is 14.2. The molecule has 134 valence electrons. The minimum Gasteiger partial charge on any atom is -0.491 e. The van der Waals surface area contributed by atoms with Crippen molar-refractivity contribution in [2.24, 2.45) is 11.7 Å². The molecule has 0 saturated heterocycles. The van der Waals surface area contributed by atoms with Gasteiger partial charge in [0.05, 0.1) is 6.54 Å². The van der Waals surface area contributed by atoms with Gasteiger partial charge in [-0.3, -0.25) is 4.79 Å². The number of hydrogen-bond acceptors (Lipinski definition) is 3. The van der Waals surface area contributed by atoms with Gasteiger partial charge in [-0.25, -0.2) is 0 Å². The zero-order chi connectivity index (χ0) is 16.8. The van der Waals surface area contributed by atoms with Crippen molar-refractivity contribution in [1.82, 2.24) is 5.32 Å². The first-order valence-corrected chi connectivity index (χ1v) is 8.54. The normalized spacial score (nSPS) is 19.1. The van der Waals surface area contributed by atoms with E-state index in [2.05, 4.69) is 17.4 Å². The molecule has 0 aliphatic heterocycles. The van der Waals surface area contributed by atoms with Gasteiger partial charge in [0.15, 0.2) is 0 Å². The summed E-state index contributed by atoms with van der Waals surface area (Å²) >= 11 is 0. The van der Waals surface area contributed by atoms with Gasteiger partial charge in [0.1, 0.15) is 12.4 Å². The maximum atomic E-state index is 12.1. The van der Waals surface area contributed by atoms with E-state index in [0.29, 0.717) is 13.2 Å². The molecule has 2 aromatic carbocycles. The van der Waals surface area contributed by atoms with Gasteiger partial charge in [0.25, 0.3) is 0 Å². The monoisotopic (exact) mass is 360 g/mol. The maximum Gasteiger partial charge on any atom is 0.223 e. The molecule has 2 aromatic rings. The van der Waals surface area contributed by atoms with Crippen LogP contribution < -0.4 is 15.8 Å². The van der Waals surface area contributed by atoms with Crippen LogP contribution in [0.3, 0.4) is 0 Å². The summed E-state index contributed by atoms with van der Waals surface area (Å²) in [6.07, 6.45) is 2.63. The molecule has 2 atom stereocenters. The molecule has 2 unspecified atom stereocenters. The lowest BCUT2D eigenvalue weighted by molar-refractivity contribution is -0.124. The second-order valence-electron chi connectivity index (χ2n) is 6.27. The summed E-state index contributed by atoms with van der Waals surface area (Å²) in [7, 11) is 0. The third-order valence-electron chi connectivity index (χ3n) is 4.47. The van der Waals surface area contributed by atoms with Crippen molar-refractivity contribution in [1.29, 1.82) is 0 Å². The molecule has 1 fully saturated rings. The van der Waals surface area contributed by atoms with Crippen molar-refractivity contribution in [3.05, 3.63) is 54.6 Å². The van der Waals surface area contributed by atoms with E-state index >= 15 is 0 Å². The fourth-order valence-corrected chi connectivity index (χ4v) is 3.18. The predicted molar refractivity (Wildman–Crippen MR) is 103 cm³/mol.